The number of hydrogen-bond acceptors (Lipinski definition) is 2. The molecule has 0 unspecified atom stereocenters. The second kappa shape index (κ2) is 2.09. The Morgan fingerprint density at radius 2 is 2.20 bits per heavy atom. The van der Waals surface area contributed by atoms with Gasteiger partial charge >= 0.3 is 0 Å². The smallest absolute Gasteiger partial charge is 0.231 e. The number of allylic oxidation sites excluding steroid dienone is 3. The molecule has 0 aromatic carbocycles. The minimum Gasteiger partial charge on any atom is -0.454 e. The van der Waals surface area contributed by atoms with Gasteiger partial charge in [0.05, 0.1) is 0 Å². The molecule has 0 spiro atoms. The van der Waals surface area contributed by atoms with E-state index >= 15 is 0 Å². The van der Waals surface area contributed by atoms with E-state index in [4.69, 9.17) is 9.47 Å². The van der Waals surface area contributed by atoms with E-state index in [0.29, 0.717) is 6.79 Å². The van der Waals surface area contributed by atoms with Crippen LogP contribution in [0.1, 0.15) is 0 Å². The lowest BCUT2D eigenvalue weighted by Crippen LogP contribution is -1.81. The molecule has 10 heavy (non-hydrogen) atoms. The molecular weight excluding hydrogens is 128 g/mol. The van der Waals surface area contributed by atoms with Crippen LogP contribution in [-0.2, 0) is 9.47 Å². The van der Waals surface area contributed by atoms with Crippen molar-refractivity contribution in [1.82, 2.24) is 0 Å². The zero-order chi connectivity index (χ0) is 6.81. The summed E-state index contributed by atoms with van der Waals surface area (Å²) in [4.78, 5) is 0. The van der Waals surface area contributed by atoms with Gasteiger partial charge < -0.3 is 9.47 Å². The fourth-order valence-electron chi connectivity index (χ4n) is 0.857. The summed E-state index contributed by atoms with van der Waals surface area (Å²) in [7, 11) is 0. The van der Waals surface area contributed by atoms with Crippen LogP contribution in [0.2, 0.25) is 0 Å². The Balaban J connectivity index is 2.44. The van der Waals surface area contributed by atoms with Gasteiger partial charge in [0, 0.05) is 6.08 Å². The number of ether oxygens (including phenoxy) is 2. The summed E-state index contributed by atoms with van der Waals surface area (Å²) >= 11 is 0. The molecule has 1 aliphatic carbocycles. The SMILES string of the molecule is C1=CC=CC2=C(C=1)OCO2. The quantitative estimate of drug-likeness (QED) is 0.467. The van der Waals surface area contributed by atoms with Crippen LogP contribution in [0.4, 0.5) is 0 Å². The average molecular weight is 134 g/mol. The van der Waals surface area contributed by atoms with Gasteiger partial charge in [-0.1, -0.05) is 6.08 Å². The van der Waals surface area contributed by atoms with Crippen LogP contribution in [0.15, 0.2) is 41.6 Å². The molecule has 2 heteroatoms. The van der Waals surface area contributed by atoms with Gasteiger partial charge in [-0.05, 0) is 12.2 Å². The molecule has 0 fully saturated rings. The van der Waals surface area contributed by atoms with Crippen molar-refractivity contribution in [2.45, 2.75) is 0 Å². The van der Waals surface area contributed by atoms with E-state index in [-0.39, 0.29) is 0 Å². The molecule has 1 aliphatic heterocycles. The molecule has 0 bridgehead atoms. The first-order valence-corrected chi connectivity index (χ1v) is 3.06. The van der Waals surface area contributed by atoms with E-state index in [1.54, 1.807) is 6.08 Å². The summed E-state index contributed by atoms with van der Waals surface area (Å²) in [5, 5.41) is 0. The lowest BCUT2D eigenvalue weighted by atomic mass is 10.4. The fourth-order valence-corrected chi connectivity index (χ4v) is 0.857. The topological polar surface area (TPSA) is 18.5 Å². The second-order valence-corrected chi connectivity index (χ2v) is 1.97. The summed E-state index contributed by atoms with van der Waals surface area (Å²) < 4.78 is 10.2. The zero-order valence-electron chi connectivity index (χ0n) is 5.33. The molecule has 0 N–H and O–H groups in total. The molecule has 2 nitrogen and oxygen atoms in total. The van der Waals surface area contributed by atoms with Crippen LogP contribution in [0, 0.1) is 0 Å². The molecule has 0 amide bonds. The summed E-state index contributed by atoms with van der Waals surface area (Å²) in [5.41, 5.74) is 2.92. The summed E-state index contributed by atoms with van der Waals surface area (Å²) in [6, 6.07) is 0. The lowest BCUT2D eigenvalue weighted by Gasteiger charge is -1.89. The van der Waals surface area contributed by atoms with E-state index < -0.39 is 0 Å². The summed E-state index contributed by atoms with van der Waals surface area (Å²) in [5.74, 6) is 1.56. The van der Waals surface area contributed by atoms with E-state index in [1.165, 1.54) is 0 Å². The van der Waals surface area contributed by atoms with Crippen LogP contribution in [0.3, 0.4) is 0 Å². The molecular formula is C8H6O2. The van der Waals surface area contributed by atoms with Crippen molar-refractivity contribution < 1.29 is 9.47 Å². The van der Waals surface area contributed by atoms with Gasteiger partial charge in [-0.3, -0.25) is 0 Å². The predicted octanol–water partition coefficient (Wildman–Crippen LogP) is 1.48. The Morgan fingerprint density at radius 3 is 3.20 bits per heavy atom. The van der Waals surface area contributed by atoms with Crippen molar-refractivity contribution in [2.75, 3.05) is 6.79 Å². The molecule has 0 saturated carbocycles. The second-order valence-electron chi connectivity index (χ2n) is 1.97. The maximum Gasteiger partial charge on any atom is 0.231 e. The summed E-state index contributed by atoms with van der Waals surface area (Å²) in [6.07, 6.45) is 7.31. The standard InChI is InChI=1S/C8H6O2/c1-2-4-7-8(5-3-1)10-6-9-7/h1-2,4-5H,6H2. The lowest BCUT2D eigenvalue weighted by molar-refractivity contribution is 0.0778. The van der Waals surface area contributed by atoms with Crippen LogP contribution in [0.5, 0.6) is 0 Å². The maximum atomic E-state index is 5.12. The molecule has 1 heterocycles. The van der Waals surface area contributed by atoms with E-state index in [9.17, 15) is 0 Å². The van der Waals surface area contributed by atoms with E-state index in [1.807, 2.05) is 18.2 Å². The molecule has 50 valence electrons. The molecule has 0 atom stereocenters. The average Bonchev–Trinajstić information content (AvgIpc) is 2.28. The Labute approximate surface area is 58.8 Å². The largest absolute Gasteiger partial charge is 0.454 e. The fraction of sp³-hybridized carbons (Fsp3) is 0.125. The first-order valence-electron chi connectivity index (χ1n) is 3.06. The highest BCUT2D eigenvalue weighted by molar-refractivity contribution is 5.31. The Bertz CT molecular complexity index is 265. The van der Waals surface area contributed by atoms with Crippen molar-refractivity contribution in [1.29, 1.82) is 0 Å². The van der Waals surface area contributed by atoms with Crippen molar-refractivity contribution in [2.24, 2.45) is 0 Å². The van der Waals surface area contributed by atoms with Crippen LogP contribution in [-0.4, -0.2) is 6.79 Å². The highest BCUT2D eigenvalue weighted by Gasteiger charge is 2.11. The van der Waals surface area contributed by atoms with Crippen LogP contribution < -0.4 is 0 Å². The molecule has 0 radical (unpaired) electrons. The van der Waals surface area contributed by atoms with Gasteiger partial charge in [-0.2, -0.15) is 0 Å². The van der Waals surface area contributed by atoms with Gasteiger partial charge in [0.25, 0.3) is 0 Å². The Kier molecular flexibility index (Phi) is 1.12. The van der Waals surface area contributed by atoms with Gasteiger partial charge in [-0.25, -0.2) is 0 Å². The zero-order valence-corrected chi connectivity index (χ0v) is 5.33. The third kappa shape index (κ3) is 0.751. The predicted molar refractivity (Wildman–Crippen MR) is 35.9 cm³/mol. The Hall–Kier alpha value is -1.40. The maximum absolute atomic E-state index is 5.12. The highest BCUT2D eigenvalue weighted by Crippen LogP contribution is 2.19. The molecule has 0 aromatic heterocycles. The third-order valence-corrected chi connectivity index (χ3v) is 1.33. The van der Waals surface area contributed by atoms with Gasteiger partial charge in [-0.15, -0.1) is 5.73 Å². The van der Waals surface area contributed by atoms with Crippen molar-refractivity contribution >= 4 is 0 Å². The monoisotopic (exact) mass is 134 g/mol. The van der Waals surface area contributed by atoms with Crippen LogP contribution in [0.25, 0.3) is 0 Å². The van der Waals surface area contributed by atoms with Gasteiger partial charge in [0.1, 0.15) is 0 Å². The minimum atomic E-state index is 0.327. The summed E-state index contributed by atoms with van der Waals surface area (Å²) in [6.45, 7) is 0.327. The Morgan fingerprint density at radius 1 is 1.30 bits per heavy atom. The van der Waals surface area contributed by atoms with Gasteiger partial charge in [0.2, 0.25) is 6.79 Å². The third-order valence-electron chi connectivity index (χ3n) is 1.33. The normalized spacial score (nSPS) is 20.0. The molecule has 2 aliphatic rings. The van der Waals surface area contributed by atoms with E-state index in [2.05, 4.69) is 5.73 Å². The minimum absolute atomic E-state index is 0.327. The van der Waals surface area contributed by atoms with E-state index in [0.717, 1.165) is 11.5 Å². The van der Waals surface area contributed by atoms with Crippen molar-refractivity contribution in [3.8, 4) is 0 Å². The highest BCUT2D eigenvalue weighted by atomic mass is 16.7. The first kappa shape index (κ1) is 5.39. The van der Waals surface area contributed by atoms with Crippen molar-refractivity contribution in [3.63, 3.8) is 0 Å². The number of hydrogen-bond donors (Lipinski definition) is 0. The first-order chi connectivity index (χ1) is 4.97. The van der Waals surface area contributed by atoms with Crippen LogP contribution >= 0.6 is 0 Å². The molecule has 2 rings (SSSR count). The number of rotatable bonds is 0. The van der Waals surface area contributed by atoms with Gasteiger partial charge in [0.15, 0.2) is 11.5 Å². The molecule has 0 aromatic rings. The van der Waals surface area contributed by atoms with Crippen molar-refractivity contribution in [3.05, 3.63) is 41.6 Å². The molecule has 0 saturated heterocycles.